The zero-order valence-electron chi connectivity index (χ0n) is 14.3. The van der Waals surface area contributed by atoms with E-state index in [2.05, 4.69) is 15.6 Å². The molecule has 1 aromatic rings. The van der Waals surface area contributed by atoms with E-state index in [9.17, 15) is 4.39 Å². The fourth-order valence-corrected chi connectivity index (χ4v) is 2.65. The summed E-state index contributed by atoms with van der Waals surface area (Å²) in [4.78, 5) is 4.60. The number of thioether (sulfide) groups is 1. The van der Waals surface area contributed by atoms with Crippen molar-refractivity contribution < 1.29 is 9.13 Å². The smallest absolute Gasteiger partial charge is 0.191 e. The maximum Gasteiger partial charge on any atom is 0.191 e. The van der Waals surface area contributed by atoms with Crippen molar-refractivity contribution in [3.05, 3.63) is 35.1 Å². The Kier molecular flexibility index (Phi) is 10.5. The van der Waals surface area contributed by atoms with E-state index in [1.54, 1.807) is 17.8 Å². The van der Waals surface area contributed by atoms with E-state index in [1.165, 1.54) is 6.07 Å². The molecular formula is C17H28FN3OS. The summed E-state index contributed by atoms with van der Waals surface area (Å²) in [5.41, 5.74) is 2.07. The molecule has 0 fully saturated rings. The van der Waals surface area contributed by atoms with Crippen molar-refractivity contribution in [2.45, 2.75) is 32.6 Å². The fraction of sp³-hybridized carbons (Fsp3) is 0.588. The van der Waals surface area contributed by atoms with Gasteiger partial charge in [-0.05, 0) is 49.8 Å². The highest BCUT2D eigenvalue weighted by Crippen LogP contribution is 2.17. The van der Waals surface area contributed by atoms with Crippen LogP contribution in [0, 0.1) is 5.82 Å². The second kappa shape index (κ2) is 12.2. The summed E-state index contributed by atoms with van der Waals surface area (Å²) in [5, 5.41) is 6.52. The van der Waals surface area contributed by atoms with Crippen LogP contribution in [0.15, 0.2) is 23.2 Å². The Labute approximate surface area is 143 Å². The van der Waals surface area contributed by atoms with E-state index >= 15 is 0 Å². The first-order valence-corrected chi connectivity index (χ1v) is 9.46. The minimum Gasteiger partial charge on any atom is -0.382 e. The molecule has 0 heterocycles. The van der Waals surface area contributed by atoms with E-state index in [0.717, 1.165) is 55.6 Å². The SMILES string of the molecule is CCNC(=NCc1ccc(F)cc1CSC)NCCCOCC. The summed E-state index contributed by atoms with van der Waals surface area (Å²) in [6.07, 6.45) is 2.95. The normalized spacial score (nSPS) is 11.6. The van der Waals surface area contributed by atoms with E-state index in [-0.39, 0.29) is 5.82 Å². The molecule has 0 aliphatic carbocycles. The molecule has 0 aromatic heterocycles. The molecule has 2 N–H and O–H groups in total. The van der Waals surface area contributed by atoms with Crippen molar-refractivity contribution in [3.8, 4) is 0 Å². The van der Waals surface area contributed by atoms with Gasteiger partial charge in [0.05, 0.1) is 6.54 Å². The quantitative estimate of drug-likeness (QED) is 0.390. The third-order valence-electron chi connectivity index (χ3n) is 3.18. The van der Waals surface area contributed by atoms with Crippen LogP contribution in [0.3, 0.4) is 0 Å². The minimum atomic E-state index is -0.192. The van der Waals surface area contributed by atoms with Gasteiger partial charge in [0, 0.05) is 32.1 Å². The predicted octanol–water partition coefficient (Wildman–Crippen LogP) is 3.17. The lowest BCUT2D eigenvalue weighted by Gasteiger charge is -2.12. The van der Waals surface area contributed by atoms with Crippen molar-refractivity contribution >= 4 is 17.7 Å². The lowest BCUT2D eigenvalue weighted by molar-refractivity contribution is 0.145. The predicted molar refractivity (Wildman–Crippen MR) is 97.5 cm³/mol. The Morgan fingerprint density at radius 3 is 2.78 bits per heavy atom. The van der Waals surface area contributed by atoms with Crippen molar-refractivity contribution in [3.63, 3.8) is 0 Å². The number of guanidine groups is 1. The molecule has 0 radical (unpaired) electrons. The van der Waals surface area contributed by atoms with Crippen LogP contribution < -0.4 is 10.6 Å². The second-order valence-electron chi connectivity index (χ2n) is 5.02. The van der Waals surface area contributed by atoms with Crippen molar-refractivity contribution in [1.29, 1.82) is 0 Å². The summed E-state index contributed by atoms with van der Waals surface area (Å²) in [7, 11) is 0. The molecule has 1 aromatic carbocycles. The molecule has 0 amide bonds. The Balaban J connectivity index is 2.62. The molecule has 0 unspecified atom stereocenters. The molecule has 0 bridgehead atoms. The number of nitrogens with zero attached hydrogens (tertiary/aromatic N) is 1. The van der Waals surface area contributed by atoms with E-state index in [1.807, 2.05) is 26.2 Å². The van der Waals surface area contributed by atoms with Crippen molar-refractivity contribution in [2.24, 2.45) is 4.99 Å². The number of halogens is 1. The van der Waals surface area contributed by atoms with Gasteiger partial charge in [-0.15, -0.1) is 0 Å². The standard InChI is InChI=1S/C17H28FN3OS/c1-4-19-17(20-9-6-10-22-5-2)21-12-14-7-8-16(18)11-15(14)13-23-3/h7-8,11H,4-6,9-10,12-13H2,1-3H3,(H2,19,20,21). The molecule has 4 nitrogen and oxygen atoms in total. The van der Waals surface area contributed by atoms with E-state index in [0.29, 0.717) is 6.54 Å². The van der Waals surface area contributed by atoms with Gasteiger partial charge in [0.25, 0.3) is 0 Å². The number of nitrogens with one attached hydrogen (secondary N) is 2. The molecule has 0 aliphatic rings. The van der Waals surface area contributed by atoms with Gasteiger partial charge in [0.1, 0.15) is 5.82 Å². The third kappa shape index (κ3) is 8.23. The fourth-order valence-electron chi connectivity index (χ4n) is 2.07. The van der Waals surface area contributed by atoms with Crippen LogP contribution in [0.5, 0.6) is 0 Å². The topological polar surface area (TPSA) is 45.7 Å². The summed E-state index contributed by atoms with van der Waals surface area (Å²) in [5.74, 6) is 1.38. The van der Waals surface area contributed by atoms with Crippen molar-refractivity contribution in [1.82, 2.24) is 10.6 Å². The highest BCUT2D eigenvalue weighted by Gasteiger charge is 2.04. The maximum atomic E-state index is 13.4. The number of aliphatic imine (C=N–C) groups is 1. The molecule has 6 heteroatoms. The molecule has 0 atom stereocenters. The highest BCUT2D eigenvalue weighted by atomic mass is 32.2. The number of rotatable bonds is 10. The first-order valence-electron chi connectivity index (χ1n) is 8.07. The van der Waals surface area contributed by atoms with Gasteiger partial charge in [-0.2, -0.15) is 11.8 Å². The zero-order valence-corrected chi connectivity index (χ0v) is 15.1. The van der Waals surface area contributed by atoms with Gasteiger partial charge >= 0.3 is 0 Å². The Morgan fingerprint density at radius 2 is 2.09 bits per heavy atom. The summed E-state index contributed by atoms with van der Waals surface area (Å²) < 4.78 is 18.7. The lowest BCUT2D eigenvalue weighted by atomic mass is 10.1. The van der Waals surface area contributed by atoms with Gasteiger partial charge in [0.15, 0.2) is 5.96 Å². The average Bonchev–Trinajstić information content (AvgIpc) is 2.54. The summed E-state index contributed by atoms with van der Waals surface area (Å²) in [6, 6.07) is 4.92. The minimum absolute atomic E-state index is 0.192. The van der Waals surface area contributed by atoms with Crippen LogP contribution in [0.1, 0.15) is 31.4 Å². The lowest BCUT2D eigenvalue weighted by Crippen LogP contribution is -2.38. The average molecular weight is 341 g/mol. The Bertz CT molecular complexity index is 483. The first-order chi connectivity index (χ1) is 11.2. The molecule has 130 valence electrons. The molecule has 0 saturated carbocycles. The molecule has 0 spiro atoms. The third-order valence-corrected chi connectivity index (χ3v) is 3.78. The number of benzene rings is 1. The van der Waals surface area contributed by atoms with E-state index in [4.69, 9.17) is 4.74 Å². The maximum absolute atomic E-state index is 13.4. The molecule has 23 heavy (non-hydrogen) atoms. The van der Waals surface area contributed by atoms with Gasteiger partial charge in [-0.3, -0.25) is 0 Å². The van der Waals surface area contributed by atoms with Crippen LogP contribution in [0.2, 0.25) is 0 Å². The van der Waals surface area contributed by atoms with Gasteiger partial charge < -0.3 is 15.4 Å². The molecule has 0 aliphatic heterocycles. The first kappa shape index (κ1) is 19.8. The zero-order chi connectivity index (χ0) is 16.9. The van der Waals surface area contributed by atoms with Crippen LogP contribution >= 0.6 is 11.8 Å². The van der Waals surface area contributed by atoms with Gasteiger partial charge in [-0.1, -0.05) is 6.07 Å². The summed E-state index contributed by atoms with van der Waals surface area (Å²) >= 11 is 1.68. The van der Waals surface area contributed by atoms with Crippen LogP contribution in [-0.2, 0) is 17.0 Å². The second-order valence-corrected chi connectivity index (χ2v) is 5.88. The van der Waals surface area contributed by atoms with Crippen LogP contribution in [-0.4, -0.2) is 38.5 Å². The molecule has 1 rings (SSSR count). The number of hydrogen-bond acceptors (Lipinski definition) is 3. The Morgan fingerprint density at radius 1 is 1.26 bits per heavy atom. The Hall–Kier alpha value is -1.27. The van der Waals surface area contributed by atoms with Gasteiger partial charge in [-0.25, -0.2) is 9.38 Å². The summed E-state index contributed by atoms with van der Waals surface area (Å²) in [6.45, 7) is 7.68. The molecule has 0 saturated heterocycles. The van der Waals surface area contributed by atoms with Crippen LogP contribution in [0.25, 0.3) is 0 Å². The van der Waals surface area contributed by atoms with Crippen molar-refractivity contribution in [2.75, 3.05) is 32.6 Å². The van der Waals surface area contributed by atoms with Crippen LogP contribution in [0.4, 0.5) is 4.39 Å². The monoisotopic (exact) mass is 341 g/mol. The number of ether oxygens (including phenoxy) is 1. The highest BCUT2D eigenvalue weighted by molar-refractivity contribution is 7.97. The largest absolute Gasteiger partial charge is 0.382 e. The van der Waals surface area contributed by atoms with Gasteiger partial charge in [0.2, 0.25) is 0 Å². The number of hydrogen-bond donors (Lipinski definition) is 2. The van der Waals surface area contributed by atoms with E-state index < -0.39 is 0 Å². The molecular weight excluding hydrogens is 313 g/mol.